The molecule has 0 N–H and O–H groups in total. The standard InChI is InChI=1S/C15H19NO/c1-2-3-9-15-13-16(10-11-17-15)12-14-7-5-4-6-8-14/h1,4-8,15H,3,9-13H2. The van der Waals surface area contributed by atoms with Crippen molar-refractivity contribution in [2.24, 2.45) is 0 Å². The molecule has 0 aliphatic carbocycles. The van der Waals surface area contributed by atoms with Crippen LogP contribution in [0.15, 0.2) is 30.3 Å². The van der Waals surface area contributed by atoms with Crippen molar-refractivity contribution in [3.63, 3.8) is 0 Å². The Morgan fingerprint density at radius 3 is 2.94 bits per heavy atom. The summed E-state index contributed by atoms with van der Waals surface area (Å²) in [4.78, 5) is 2.44. The van der Waals surface area contributed by atoms with Crippen molar-refractivity contribution in [1.29, 1.82) is 0 Å². The van der Waals surface area contributed by atoms with Gasteiger partial charge >= 0.3 is 0 Å². The van der Waals surface area contributed by atoms with E-state index in [-0.39, 0.29) is 0 Å². The van der Waals surface area contributed by atoms with E-state index in [9.17, 15) is 0 Å². The van der Waals surface area contributed by atoms with Gasteiger partial charge in [-0.25, -0.2) is 0 Å². The largest absolute Gasteiger partial charge is 0.376 e. The topological polar surface area (TPSA) is 12.5 Å². The Labute approximate surface area is 104 Å². The second-order valence-electron chi connectivity index (χ2n) is 4.46. The van der Waals surface area contributed by atoms with E-state index >= 15 is 0 Å². The molecule has 0 bridgehead atoms. The van der Waals surface area contributed by atoms with Crippen molar-refractivity contribution in [3.8, 4) is 12.3 Å². The quantitative estimate of drug-likeness (QED) is 0.735. The molecule has 0 spiro atoms. The van der Waals surface area contributed by atoms with E-state index in [2.05, 4.69) is 41.2 Å². The third-order valence-electron chi connectivity index (χ3n) is 3.08. The Balaban J connectivity index is 1.83. The fraction of sp³-hybridized carbons (Fsp3) is 0.467. The van der Waals surface area contributed by atoms with E-state index in [1.165, 1.54) is 5.56 Å². The minimum Gasteiger partial charge on any atom is -0.376 e. The number of terminal acetylenes is 1. The molecule has 0 saturated carbocycles. The van der Waals surface area contributed by atoms with Crippen LogP contribution in [0.5, 0.6) is 0 Å². The number of benzene rings is 1. The Bertz CT molecular complexity index is 368. The van der Waals surface area contributed by atoms with Crippen molar-refractivity contribution in [3.05, 3.63) is 35.9 Å². The zero-order chi connectivity index (χ0) is 11.9. The lowest BCUT2D eigenvalue weighted by atomic mass is 10.1. The van der Waals surface area contributed by atoms with Gasteiger partial charge in [-0.2, -0.15) is 0 Å². The normalized spacial score (nSPS) is 21.0. The van der Waals surface area contributed by atoms with E-state index in [1.54, 1.807) is 0 Å². The number of hydrogen-bond donors (Lipinski definition) is 0. The third kappa shape index (κ3) is 3.89. The second kappa shape index (κ2) is 6.44. The maximum Gasteiger partial charge on any atom is 0.0711 e. The Kier molecular flexibility index (Phi) is 4.61. The molecule has 1 unspecified atom stereocenters. The molecule has 1 aromatic rings. The van der Waals surface area contributed by atoms with Crippen molar-refractivity contribution < 1.29 is 4.74 Å². The van der Waals surface area contributed by atoms with E-state index < -0.39 is 0 Å². The molecule has 1 atom stereocenters. The second-order valence-corrected chi connectivity index (χ2v) is 4.46. The van der Waals surface area contributed by atoms with Crippen LogP contribution in [0.25, 0.3) is 0 Å². The maximum absolute atomic E-state index is 5.71. The molecule has 0 amide bonds. The highest BCUT2D eigenvalue weighted by Crippen LogP contribution is 2.13. The molecular formula is C15H19NO. The van der Waals surface area contributed by atoms with Crippen molar-refractivity contribution in [2.45, 2.75) is 25.5 Å². The number of hydrogen-bond acceptors (Lipinski definition) is 2. The summed E-state index contributed by atoms with van der Waals surface area (Å²) in [6.45, 7) is 3.84. The van der Waals surface area contributed by atoms with Crippen molar-refractivity contribution in [1.82, 2.24) is 4.90 Å². The lowest BCUT2D eigenvalue weighted by Gasteiger charge is -2.32. The summed E-state index contributed by atoms with van der Waals surface area (Å²) < 4.78 is 5.71. The lowest BCUT2D eigenvalue weighted by Crippen LogP contribution is -2.41. The van der Waals surface area contributed by atoms with Gasteiger partial charge in [0.1, 0.15) is 0 Å². The van der Waals surface area contributed by atoms with Gasteiger partial charge in [0.25, 0.3) is 0 Å². The summed E-state index contributed by atoms with van der Waals surface area (Å²) >= 11 is 0. The maximum atomic E-state index is 5.71. The lowest BCUT2D eigenvalue weighted by molar-refractivity contribution is -0.0340. The van der Waals surface area contributed by atoms with Crippen LogP contribution in [0.2, 0.25) is 0 Å². The summed E-state index contributed by atoms with van der Waals surface area (Å²) in [5.74, 6) is 2.68. The van der Waals surface area contributed by atoms with Crippen LogP contribution in [-0.4, -0.2) is 30.7 Å². The predicted molar refractivity (Wildman–Crippen MR) is 69.5 cm³/mol. The summed E-state index contributed by atoms with van der Waals surface area (Å²) in [5.41, 5.74) is 1.37. The van der Waals surface area contributed by atoms with Crippen LogP contribution < -0.4 is 0 Å². The van der Waals surface area contributed by atoms with Crippen molar-refractivity contribution in [2.75, 3.05) is 19.7 Å². The van der Waals surface area contributed by atoms with Crippen LogP contribution in [0.4, 0.5) is 0 Å². The van der Waals surface area contributed by atoms with E-state index in [0.29, 0.717) is 6.10 Å². The molecule has 90 valence electrons. The van der Waals surface area contributed by atoms with Crippen LogP contribution in [-0.2, 0) is 11.3 Å². The molecule has 2 heteroatoms. The van der Waals surface area contributed by atoms with Crippen molar-refractivity contribution >= 4 is 0 Å². The average molecular weight is 229 g/mol. The van der Waals surface area contributed by atoms with Gasteiger partial charge in [-0.05, 0) is 12.0 Å². The number of ether oxygens (including phenoxy) is 1. The molecule has 2 nitrogen and oxygen atoms in total. The third-order valence-corrected chi connectivity index (χ3v) is 3.08. The fourth-order valence-corrected chi connectivity index (χ4v) is 2.18. The Morgan fingerprint density at radius 2 is 2.18 bits per heavy atom. The van der Waals surface area contributed by atoms with Gasteiger partial charge in [0.15, 0.2) is 0 Å². The molecule has 17 heavy (non-hydrogen) atoms. The molecule has 1 fully saturated rings. The minimum absolute atomic E-state index is 0.309. The monoisotopic (exact) mass is 229 g/mol. The molecule has 0 radical (unpaired) electrons. The Morgan fingerprint density at radius 1 is 1.35 bits per heavy atom. The summed E-state index contributed by atoms with van der Waals surface area (Å²) in [7, 11) is 0. The van der Waals surface area contributed by atoms with Gasteiger partial charge in [0.05, 0.1) is 12.7 Å². The predicted octanol–water partition coefficient (Wildman–Crippen LogP) is 2.30. The van der Waals surface area contributed by atoms with Gasteiger partial charge in [-0.3, -0.25) is 4.90 Å². The summed E-state index contributed by atoms with van der Waals surface area (Å²) in [6.07, 6.45) is 7.38. The minimum atomic E-state index is 0.309. The van der Waals surface area contributed by atoms with Gasteiger partial charge in [-0.15, -0.1) is 12.3 Å². The smallest absolute Gasteiger partial charge is 0.0711 e. The van der Waals surface area contributed by atoms with E-state index in [0.717, 1.165) is 39.1 Å². The van der Waals surface area contributed by atoms with Gasteiger partial charge in [0.2, 0.25) is 0 Å². The van der Waals surface area contributed by atoms with Crippen LogP contribution in [0.3, 0.4) is 0 Å². The van der Waals surface area contributed by atoms with Gasteiger partial charge < -0.3 is 4.74 Å². The fourth-order valence-electron chi connectivity index (χ4n) is 2.18. The average Bonchev–Trinajstić information content (AvgIpc) is 2.38. The van der Waals surface area contributed by atoms with E-state index in [1.807, 2.05) is 0 Å². The zero-order valence-electron chi connectivity index (χ0n) is 10.1. The molecule has 1 aromatic carbocycles. The molecule has 2 rings (SSSR count). The van der Waals surface area contributed by atoms with Crippen LogP contribution in [0.1, 0.15) is 18.4 Å². The molecule has 1 saturated heterocycles. The summed E-state index contributed by atoms with van der Waals surface area (Å²) in [5, 5.41) is 0. The molecule has 0 aromatic heterocycles. The highest BCUT2D eigenvalue weighted by Gasteiger charge is 2.19. The highest BCUT2D eigenvalue weighted by atomic mass is 16.5. The number of morpholine rings is 1. The molecular weight excluding hydrogens is 210 g/mol. The molecule has 1 heterocycles. The zero-order valence-corrected chi connectivity index (χ0v) is 10.1. The van der Waals surface area contributed by atoms with E-state index in [4.69, 9.17) is 11.2 Å². The van der Waals surface area contributed by atoms with Gasteiger partial charge in [-0.1, -0.05) is 30.3 Å². The molecule has 1 aliphatic heterocycles. The molecule has 1 aliphatic rings. The first-order valence-corrected chi connectivity index (χ1v) is 6.20. The Hall–Kier alpha value is -1.30. The van der Waals surface area contributed by atoms with Gasteiger partial charge in [0, 0.05) is 26.1 Å². The first-order valence-electron chi connectivity index (χ1n) is 6.20. The number of rotatable bonds is 4. The SMILES string of the molecule is C#CCCC1CN(Cc2ccccc2)CCO1. The first kappa shape index (κ1) is 12.2. The van der Waals surface area contributed by atoms with Crippen LogP contribution in [0, 0.1) is 12.3 Å². The highest BCUT2D eigenvalue weighted by molar-refractivity contribution is 5.14. The summed E-state index contributed by atoms with van der Waals surface area (Å²) in [6, 6.07) is 10.6. The first-order chi connectivity index (χ1) is 8.38. The number of nitrogens with zero attached hydrogens (tertiary/aromatic N) is 1. The van der Waals surface area contributed by atoms with Crippen LogP contribution >= 0.6 is 0 Å².